The van der Waals surface area contributed by atoms with Crippen LogP contribution >= 0.6 is 0 Å². The third kappa shape index (κ3) is 2.74. The molecule has 1 aliphatic rings. The van der Waals surface area contributed by atoms with Crippen molar-refractivity contribution in [1.82, 2.24) is 4.98 Å². The predicted octanol–water partition coefficient (Wildman–Crippen LogP) is 2.46. The summed E-state index contributed by atoms with van der Waals surface area (Å²) in [5, 5.41) is 22.7. The number of rotatable bonds is 4. The third-order valence-corrected chi connectivity index (χ3v) is 3.24. The van der Waals surface area contributed by atoms with Crippen molar-refractivity contribution in [3.63, 3.8) is 0 Å². The van der Waals surface area contributed by atoms with Gasteiger partial charge in [0, 0.05) is 12.6 Å². The van der Waals surface area contributed by atoms with Gasteiger partial charge in [0.15, 0.2) is 0 Å². The first-order valence-corrected chi connectivity index (χ1v) is 5.99. The fourth-order valence-electron chi connectivity index (χ4n) is 2.24. The van der Waals surface area contributed by atoms with E-state index in [2.05, 4.69) is 10.3 Å². The molecule has 1 N–H and O–H groups in total. The highest BCUT2D eigenvalue weighted by molar-refractivity contribution is 5.55. The summed E-state index contributed by atoms with van der Waals surface area (Å²) in [5.74, 6) is 1.06. The van der Waals surface area contributed by atoms with Crippen molar-refractivity contribution < 1.29 is 4.92 Å². The molecule has 1 aliphatic carbocycles. The first-order chi connectivity index (χ1) is 8.70. The molecule has 0 aliphatic heterocycles. The Morgan fingerprint density at radius 3 is 2.89 bits per heavy atom. The van der Waals surface area contributed by atoms with Crippen LogP contribution in [0.15, 0.2) is 12.3 Å². The fourth-order valence-corrected chi connectivity index (χ4v) is 2.24. The molecule has 1 saturated carbocycles. The van der Waals surface area contributed by atoms with Gasteiger partial charge in [0.25, 0.3) is 5.69 Å². The van der Waals surface area contributed by atoms with Crippen LogP contribution in [0.25, 0.3) is 0 Å². The van der Waals surface area contributed by atoms with Crippen molar-refractivity contribution in [2.45, 2.75) is 25.7 Å². The monoisotopic (exact) mass is 246 g/mol. The molecule has 1 aromatic heterocycles. The van der Waals surface area contributed by atoms with Gasteiger partial charge in [-0.05, 0) is 18.8 Å². The van der Waals surface area contributed by atoms with Gasteiger partial charge in [0.2, 0.25) is 0 Å². The Bertz CT molecular complexity index is 489. The van der Waals surface area contributed by atoms with E-state index in [0.29, 0.717) is 11.7 Å². The van der Waals surface area contributed by atoms with Crippen LogP contribution < -0.4 is 5.32 Å². The lowest BCUT2D eigenvalue weighted by atomic mass is 10.1. The minimum Gasteiger partial charge on any atom is -0.369 e. The van der Waals surface area contributed by atoms with Crippen LogP contribution in [0.4, 0.5) is 11.5 Å². The lowest BCUT2D eigenvalue weighted by molar-refractivity contribution is -0.385. The van der Waals surface area contributed by atoms with Crippen molar-refractivity contribution in [3.8, 4) is 6.07 Å². The predicted molar refractivity (Wildman–Crippen MR) is 66.1 cm³/mol. The number of nitro groups is 1. The second-order valence-corrected chi connectivity index (χ2v) is 4.49. The zero-order chi connectivity index (χ0) is 13.0. The number of anilines is 1. The Labute approximate surface area is 105 Å². The maximum atomic E-state index is 10.6. The molecular formula is C12H14N4O2. The van der Waals surface area contributed by atoms with E-state index in [0.717, 1.165) is 6.54 Å². The van der Waals surface area contributed by atoms with Crippen molar-refractivity contribution in [3.05, 3.63) is 27.9 Å². The molecule has 0 radical (unpaired) electrons. The van der Waals surface area contributed by atoms with Crippen molar-refractivity contribution in [2.24, 2.45) is 5.92 Å². The highest BCUT2D eigenvalue weighted by Crippen LogP contribution is 2.25. The van der Waals surface area contributed by atoms with E-state index in [-0.39, 0.29) is 11.3 Å². The second kappa shape index (κ2) is 5.45. The van der Waals surface area contributed by atoms with E-state index in [4.69, 9.17) is 5.26 Å². The van der Waals surface area contributed by atoms with Crippen molar-refractivity contribution >= 4 is 11.5 Å². The Morgan fingerprint density at radius 1 is 1.56 bits per heavy atom. The Hall–Kier alpha value is -2.16. The molecule has 2 rings (SSSR count). The van der Waals surface area contributed by atoms with Crippen LogP contribution in [0.5, 0.6) is 0 Å². The van der Waals surface area contributed by atoms with Crippen LogP contribution in [0.2, 0.25) is 0 Å². The number of nitrogens with one attached hydrogen (secondary N) is 1. The van der Waals surface area contributed by atoms with Crippen LogP contribution in [0.3, 0.4) is 0 Å². The van der Waals surface area contributed by atoms with Gasteiger partial charge >= 0.3 is 0 Å². The van der Waals surface area contributed by atoms with Gasteiger partial charge in [-0.1, -0.05) is 12.8 Å². The van der Waals surface area contributed by atoms with Gasteiger partial charge in [-0.15, -0.1) is 0 Å². The van der Waals surface area contributed by atoms with Gasteiger partial charge < -0.3 is 5.32 Å². The first-order valence-electron chi connectivity index (χ1n) is 5.99. The highest BCUT2D eigenvalue weighted by atomic mass is 16.6. The van der Waals surface area contributed by atoms with Crippen LogP contribution in [-0.2, 0) is 0 Å². The molecule has 6 nitrogen and oxygen atoms in total. The molecule has 1 aromatic rings. The molecule has 1 fully saturated rings. The average Bonchev–Trinajstić information content (AvgIpc) is 2.89. The fraction of sp³-hybridized carbons (Fsp3) is 0.500. The van der Waals surface area contributed by atoms with Gasteiger partial charge in [-0.25, -0.2) is 4.98 Å². The number of nitrogens with zero attached hydrogens (tertiary/aromatic N) is 3. The molecule has 0 bridgehead atoms. The molecule has 0 amide bonds. The standard InChI is InChI=1S/C12H14N4O2/c13-6-10-5-11(16(17)18)8-15-12(10)14-7-9-3-1-2-4-9/h5,8-9H,1-4,7H2,(H,14,15). The van der Waals surface area contributed by atoms with E-state index in [9.17, 15) is 10.1 Å². The van der Waals surface area contributed by atoms with Crippen LogP contribution in [0.1, 0.15) is 31.2 Å². The summed E-state index contributed by atoms with van der Waals surface area (Å²) >= 11 is 0. The molecule has 0 spiro atoms. The minimum absolute atomic E-state index is 0.155. The van der Waals surface area contributed by atoms with E-state index in [1.165, 1.54) is 37.9 Å². The first kappa shape index (κ1) is 12.3. The largest absolute Gasteiger partial charge is 0.369 e. The summed E-state index contributed by atoms with van der Waals surface area (Å²) in [4.78, 5) is 14.0. The summed E-state index contributed by atoms with van der Waals surface area (Å²) in [6.07, 6.45) is 6.08. The van der Waals surface area contributed by atoms with Crippen LogP contribution in [-0.4, -0.2) is 16.5 Å². The number of hydrogen-bond donors (Lipinski definition) is 1. The zero-order valence-corrected chi connectivity index (χ0v) is 9.93. The molecule has 6 heteroatoms. The summed E-state index contributed by atoms with van der Waals surface area (Å²) in [6.45, 7) is 0.777. The van der Waals surface area contributed by atoms with E-state index < -0.39 is 4.92 Å². The number of hydrogen-bond acceptors (Lipinski definition) is 5. The highest BCUT2D eigenvalue weighted by Gasteiger charge is 2.16. The topological polar surface area (TPSA) is 91.8 Å². The number of aromatic nitrogens is 1. The smallest absolute Gasteiger partial charge is 0.289 e. The second-order valence-electron chi connectivity index (χ2n) is 4.49. The maximum Gasteiger partial charge on any atom is 0.289 e. The summed E-state index contributed by atoms with van der Waals surface area (Å²) < 4.78 is 0. The van der Waals surface area contributed by atoms with E-state index >= 15 is 0 Å². The minimum atomic E-state index is -0.547. The summed E-state index contributed by atoms with van der Waals surface area (Å²) in [6, 6.07) is 3.19. The van der Waals surface area contributed by atoms with Crippen molar-refractivity contribution in [1.29, 1.82) is 5.26 Å². The zero-order valence-electron chi connectivity index (χ0n) is 9.93. The van der Waals surface area contributed by atoms with E-state index in [1.807, 2.05) is 6.07 Å². The van der Waals surface area contributed by atoms with Crippen LogP contribution in [0, 0.1) is 27.4 Å². The van der Waals surface area contributed by atoms with Gasteiger partial charge in [0.05, 0.1) is 4.92 Å². The number of nitriles is 1. The van der Waals surface area contributed by atoms with Gasteiger partial charge in [-0.2, -0.15) is 5.26 Å². The average molecular weight is 246 g/mol. The lowest BCUT2D eigenvalue weighted by Gasteiger charge is -2.11. The molecule has 94 valence electrons. The quantitative estimate of drug-likeness (QED) is 0.650. The number of pyridine rings is 1. The molecule has 0 aromatic carbocycles. The SMILES string of the molecule is N#Cc1cc([N+](=O)[O-])cnc1NCC1CCCC1. The molecule has 0 unspecified atom stereocenters. The van der Waals surface area contributed by atoms with Gasteiger partial charge in [0.1, 0.15) is 23.6 Å². The molecule has 0 atom stereocenters. The normalized spacial score (nSPS) is 15.3. The third-order valence-electron chi connectivity index (χ3n) is 3.24. The molecular weight excluding hydrogens is 232 g/mol. The Balaban J connectivity index is 2.07. The molecule has 1 heterocycles. The summed E-state index contributed by atoms with van der Waals surface area (Å²) in [5.41, 5.74) is 0.0696. The summed E-state index contributed by atoms with van der Waals surface area (Å²) in [7, 11) is 0. The van der Waals surface area contributed by atoms with Crippen molar-refractivity contribution in [2.75, 3.05) is 11.9 Å². The van der Waals surface area contributed by atoms with E-state index in [1.54, 1.807) is 0 Å². The molecule has 0 saturated heterocycles. The Morgan fingerprint density at radius 2 is 2.28 bits per heavy atom. The Kier molecular flexibility index (Phi) is 3.72. The molecule has 18 heavy (non-hydrogen) atoms. The van der Waals surface area contributed by atoms with Gasteiger partial charge in [-0.3, -0.25) is 10.1 Å². The maximum absolute atomic E-state index is 10.6. The lowest BCUT2D eigenvalue weighted by Crippen LogP contribution is -2.13.